The summed E-state index contributed by atoms with van der Waals surface area (Å²) in [6.45, 7) is 3.19. The third-order valence-corrected chi connectivity index (χ3v) is 7.59. The van der Waals surface area contributed by atoms with Crippen molar-refractivity contribution >= 4 is 11.9 Å². The van der Waals surface area contributed by atoms with Crippen molar-refractivity contribution in [1.29, 1.82) is 0 Å². The number of rotatable bonds is 9. The van der Waals surface area contributed by atoms with Crippen molar-refractivity contribution in [1.82, 2.24) is 14.9 Å². The van der Waals surface area contributed by atoms with E-state index in [2.05, 4.69) is 14.9 Å². The number of ether oxygens (including phenoxy) is 2. The second-order valence-electron chi connectivity index (χ2n) is 9.93. The first kappa shape index (κ1) is 23.8. The molecule has 1 aromatic heterocycles. The molecule has 0 radical (unpaired) electrons. The average molecular weight is 485 g/mol. The topological polar surface area (TPSA) is 88.0 Å². The number of benzene rings is 1. The van der Waals surface area contributed by atoms with E-state index < -0.39 is 11.9 Å². The molecule has 0 bridgehead atoms. The van der Waals surface area contributed by atoms with Crippen LogP contribution in [0.25, 0.3) is 0 Å². The van der Waals surface area contributed by atoms with E-state index in [1.807, 2.05) is 0 Å². The first-order valence-electron chi connectivity index (χ1n) is 12.5. The Labute approximate surface area is 205 Å². The standard InChI is InChI=1S/C26H33FN4O4/c1-34-22-13-28-26(29-14-22)30-7-4-17(5-8-30)23-10-18(23)6-9-35-21-3-2-19(24(27)12-21)11-25(33)31-15-20(32)16-31/h2-3,12-14,17-18,20,23,32H,4-11,15-16H2,1H3/t18?,23-/m1/s1. The van der Waals surface area contributed by atoms with E-state index in [1.54, 1.807) is 31.6 Å². The maximum Gasteiger partial charge on any atom is 0.227 e. The average Bonchev–Trinajstić information content (AvgIpc) is 3.63. The SMILES string of the molecule is COc1cnc(N2CCC([C@H]3CC3CCOc3ccc(CC(=O)N4CC(O)C4)c(F)c3)CC2)nc1. The van der Waals surface area contributed by atoms with Crippen molar-refractivity contribution in [3.05, 3.63) is 42.0 Å². The van der Waals surface area contributed by atoms with Crippen molar-refractivity contribution in [2.75, 3.05) is 44.8 Å². The number of carbonyl (C=O) groups is 1. The minimum atomic E-state index is -0.451. The number of aromatic nitrogens is 2. The lowest BCUT2D eigenvalue weighted by Gasteiger charge is -2.35. The molecule has 2 aromatic rings. The zero-order valence-electron chi connectivity index (χ0n) is 20.1. The van der Waals surface area contributed by atoms with Crippen LogP contribution >= 0.6 is 0 Å². The summed E-state index contributed by atoms with van der Waals surface area (Å²) >= 11 is 0. The molecule has 188 valence electrons. The number of aliphatic hydroxyl groups is 1. The van der Waals surface area contributed by atoms with Gasteiger partial charge in [-0.25, -0.2) is 14.4 Å². The highest BCUT2D eigenvalue weighted by molar-refractivity contribution is 5.79. The van der Waals surface area contributed by atoms with Gasteiger partial charge in [-0.15, -0.1) is 0 Å². The van der Waals surface area contributed by atoms with Crippen LogP contribution < -0.4 is 14.4 Å². The van der Waals surface area contributed by atoms with E-state index >= 15 is 0 Å². The van der Waals surface area contributed by atoms with E-state index in [4.69, 9.17) is 9.47 Å². The summed E-state index contributed by atoms with van der Waals surface area (Å²) in [5.41, 5.74) is 0.359. The lowest BCUT2D eigenvalue weighted by atomic mass is 9.90. The molecule has 1 aromatic carbocycles. The third-order valence-electron chi connectivity index (χ3n) is 7.59. The van der Waals surface area contributed by atoms with Crippen LogP contribution in [0, 0.1) is 23.6 Å². The summed E-state index contributed by atoms with van der Waals surface area (Å²) in [6.07, 6.45) is 7.50. The first-order valence-corrected chi connectivity index (χ1v) is 12.5. The molecule has 5 rings (SSSR count). The summed E-state index contributed by atoms with van der Waals surface area (Å²) in [4.78, 5) is 24.7. The molecule has 2 saturated heterocycles. The highest BCUT2D eigenvalue weighted by Crippen LogP contribution is 2.49. The van der Waals surface area contributed by atoms with E-state index in [1.165, 1.54) is 17.4 Å². The Hall–Kier alpha value is -2.94. The minimum Gasteiger partial charge on any atom is -0.494 e. The molecule has 3 fully saturated rings. The third kappa shape index (κ3) is 5.66. The number of halogens is 1. The molecule has 3 aliphatic rings. The lowest BCUT2D eigenvalue weighted by Crippen LogP contribution is -2.54. The quantitative estimate of drug-likeness (QED) is 0.586. The van der Waals surface area contributed by atoms with Crippen LogP contribution in [0.4, 0.5) is 10.3 Å². The predicted molar refractivity (Wildman–Crippen MR) is 128 cm³/mol. The molecular weight excluding hydrogens is 451 g/mol. The van der Waals surface area contributed by atoms with Gasteiger partial charge in [-0.2, -0.15) is 0 Å². The van der Waals surface area contributed by atoms with Gasteiger partial charge in [-0.1, -0.05) is 6.07 Å². The van der Waals surface area contributed by atoms with Crippen molar-refractivity contribution in [3.8, 4) is 11.5 Å². The van der Waals surface area contributed by atoms with Crippen LogP contribution in [0.15, 0.2) is 30.6 Å². The molecule has 2 atom stereocenters. The lowest BCUT2D eigenvalue weighted by molar-refractivity contribution is -0.140. The van der Waals surface area contributed by atoms with Crippen molar-refractivity contribution in [2.45, 2.75) is 38.2 Å². The predicted octanol–water partition coefficient (Wildman–Crippen LogP) is 2.69. The van der Waals surface area contributed by atoms with Gasteiger partial charge in [0.1, 0.15) is 11.6 Å². The fraction of sp³-hybridized carbons (Fsp3) is 0.577. The number of hydrogen-bond acceptors (Lipinski definition) is 7. The molecule has 1 amide bonds. The molecule has 2 aliphatic heterocycles. The van der Waals surface area contributed by atoms with Gasteiger partial charge < -0.3 is 24.4 Å². The second kappa shape index (κ2) is 10.4. The van der Waals surface area contributed by atoms with E-state index in [0.717, 1.165) is 50.1 Å². The number of methoxy groups -OCH3 is 1. The molecule has 0 spiro atoms. The van der Waals surface area contributed by atoms with Crippen LogP contribution in [-0.4, -0.2) is 71.9 Å². The number of hydrogen-bond donors (Lipinski definition) is 1. The number of piperidine rings is 1. The molecule has 9 heteroatoms. The minimum absolute atomic E-state index is 0.00595. The summed E-state index contributed by atoms with van der Waals surface area (Å²) in [7, 11) is 1.61. The van der Waals surface area contributed by atoms with Gasteiger partial charge in [0.2, 0.25) is 11.9 Å². The number of β-amino-alcohol motifs (C(OH)–C–C–N with tert-alkyl or cyclic N) is 1. The number of carbonyl (C=O) groups excluding carboxylic acids is 1. The fourth-order valence-electron chi connectivity index (χ4n) is 5.31. The Morgan fingerprint density at radius 2 is 1.91 bits per heavy atom. The van der Waals surface area contributed by atoms with Crippen molar-refractivity contribution in [2.24, 2.45) is 17.8 Å². The van der Waals surface area contributed by atoms with E-state index in [-0.39, 0.29) is 12.3 Å². The smallest absolute Gasteiger partial charge is 0.227 e. The zero-order valence-corrected chi connectivity index (χ0v) is 20.1. The Morgan fingerprint density at radius 3 is 2.57 bits per heavy atom. The zero-order chi connectivity index (χ0) is 24.4. The summed E-state index contributed by atoms with van der Waals surface area (Å²) in [5, 5.41) is 9.31. The summed E-state index contributed by atoms with van der Waals surface area (Å²) in [6, 6.07) is 4.73. The Kier molecular flexibility index (Phi) is 7.04. The maximum atomic E-state index is 14.4. The van der Waals surface area contributed by atoms with Crippen LogP contribution in [0.5, 0.6) is 11.5 Å². The van der Waals surface area contributed by atoms with Crippen LogP contribution in [0.3, 0.4) is 0 Å². The normalized spacial score (nSPS) is 22.6. The monoisotopic (exact) mass is 484 g/mol. The van der Waals surface area contributed by atoms with Crippen molar-refractivity contribution < 1.29 is 23.8 Å². The molecular formula is C26H33FN4O4. The molecule has 1 unspecified atom stereocenters. The Morgan fingerprint density at radius 1 is 1.17 bits per heavy atom. The maximum absolute atomic E-state index is 14.4. The van der Waals surface area contributed by atoms with Crippen LogP contribution in [0.2, 0.25) is 0 Å². The van der Waals surface area contributed by atoms with Gasteiger partial charge in [-0.3, -0.25) is 4.79 Å². The van der Waals surface area contributed by atoms with Gasteiger partial charge in [-0.05, 0) is 55.1 Å². The fourth-order valence-corrected chi connectivity index (χ4v) is 5.31. The summed E-state index contributed by atoms with van der Waals surface area (Å²) in [5.74, 6) is 3.52. The molecule has 3 heterocycles. The Bertz CT molecular complexity index is 1020. The number of aliphatic hydroxyl groups excluding tert-OH is 1. The van der Waals surface area contributed by atoms with Crippen LogP contribution in [0.1, 0.15) is 31.2 Å². The highest BCUT2D eigenvalue weighted by Gasteiger charge is 2.43. The van der Waals surface area contributed by atoms with Gasteiger partial charge in [0.15, 0.2) is 5.75 Å². The van der Waals surface area contributed by atoms with E-state index in [9.17, 15) is 14.3 Å². The number of likely N-dealkylation sites (tertiary alicyclic amines) is 1. The van der Waals surface area contributed by atoms with Gasteiger partial charge in [0.05, 0.1) is 38.6 Å². The molecule has 35 heavy (non-hydrogen) atoms. The van der Waals surface area contributed by atoms with E-state index in [0.29, 0.717) is 42.7 Å². The number of nitrogens with zero attached hydrogens (tertiary/aromatic N) is 4. The highest BCUT2D eigenvalue weighted by atomic mass is 19.1. The van der Waals surface area contributed by atoms with Gasteiger partial charge in [0, 0.05) is 32.2 Å². The van der Waals surface area contributed by atoms with Crippen molar-refractivity contribution in [3.63, 3.8) is 0 Å². The molecule has 1 aliphatic carbocycles. The Balaban J connectivity index is 1.01. The first-order chi connectivity index (χ1) is 17.0. The number of amides is 1. The van der Waals surface area contributed by atoms with Gasteiger partial charge in [0.25, 0.3) is 0 Å². The van der Waals surface area contributed by atoms with Gasteiger partial charge >= 0.3 is 0 Å². The molecule has 1 N–H and O–H groups in total. The number of anilines is 1. The second-order valence-corrected chi connectivity index (χ2v) is 9.93. The largest absolute Gasteiger partial charge is 0.494 e. The summed E-state index contributed by atoms with van der Waals surface area (Å²) < 4.78 is 25.4. The van der Waals surface area contributed by atoms with Crippen LogP contribution in [-0.2, 0) is 11.2 Å². The molecule has 8 nitrogen and oxygen atoms in total. The molecule has 1 saturated carbocycles.